The largest absolute Gasteiger partial charge is 0.346 e. The molecule has 2 aromatic rings. The predicted molar refractivity (Wildman–Crippen MR) is 99.8 cm³/mol. The van der Waals surface area contributed by atoms with Gasteiger partial charge in [0.15, 0.2) is 5.82 Å². The van der Waals surface area contributed by atoms with E-state index in [-0.39, 0.29) is 24.4 Å². The molecule has 1 N–H and O–H groups in total. The number of hydrogen-bond donors (Lipinski definition) is 1. The Morgan fingerprint density at radius 1 is 1.12 bits per heavy atom. The van der Waals surface area contributed by atoms with Crippen molar-refractivity contribution in [1.29, 1.82) is 0 Å². The summed E-state index contributed by atoms with van der Waals surface area (Å²) < 4.78 is 2.60. The molecule has 7 nitrogen and oxygen atoms in total. The number of benzene rings is 1. The van der Waals surface area contributed by atoms with Crippen LogP contribution in [-0.4, -0.2) is 26.2 Å². The van der Waals surface area contributed by atoms with Gasteiger partial charge in [0.25, 0.3) is 5.91 Å². The molecule has 1 aromatic carbocycles. The molecule has 2 amide bonds. The molecule has 0 saturated carbocycles. The molecule has 2 heterocycles. The SMILES string of the molecule is CC.CC(C)c1ccc(-c2nn(C3CCC(=O)NC3=O)c(=O)n2C)cc1. The van der Waals surface area contributed by atoms with Gasteiger partial charge in [-0.3, -0.25) is 19.5 Å². The van der Waals surface area contributed by atoms with E-state index in [1.54, 1.807) is 7.05 Å². The number of piperidine rings is 1. The predicted octanol–water partition coefficient (Wildman–Crippen LogP) is 2.38. The van der Waals surface area contributed by atoms with Crippen molar-refractivity contribution in [3.05, 3.63) is 40.3 Å². The van der Waals surface area contributed by atoms with Crippen LogP contribution in [0.5, 0.6) is 0 Å². The number of imide groups is 1. The van der Waals surface area contributed by atoms with Crippen LogP contribution in [0.4, 0.5) is 0 Å². The minimum Gasteiger partial charge on any atom is -0.295 e. The van der Waals surface area contributed by atoms with Gasteiger partial charge < -0.3 is 0 Å². The Labute approximate surface area is 153 Å². The first-order valence-corrected chi connectivity index (χ1v) is 8.98. The third kappa shape index (κ3) is 3.76. The molecule has 0 aliphatic carbocycles. The van der Waals surface area contributed by atoms with Gasteiger partial charge in [0.1, 0.15) is 6.04 Å². The first-order chi connectivity index (χ1) is 12.4. The lowest BCUT2D eigenvalue weighted by Crippen LogP contribution is -2.44. The molecule has 1 fully saturated rings. The van der Waals surface area contributed by atoms with Crippen LogP contribution < -0.4 is 11.0 Å². The van der Waals surface area contributed by atoms with E-state index in [1.165, 1.54) is 14.8 Å². The molecule has 0 spiro atoms. The Kier molecular flexibility index (Phi) is 6.13. The second kappa shape index (κ2) is 8.12. The average molecular weight is 358 g/mol. The topological polar surface area (TPSA) is 86.0 Å². The summed E-state index contributed by atoms with van der Waals surface area (Å²) in [5, 5.41) is 6.60. The Hall–Kier alpha value is -2.70. The van der Waals surface area contributed by atoms with Gasteiger partial charge in [-0.25, -0.2) is 9.48 Å². The zero-order valence-corrected chi connectivity index (χ0v) is 15.9. The van der Waals surface area contributed by atoms with E-state index in [1.807, 2.05) is 38.1 Å². The molecule has 0 bridgehead atoms. The smallest absolute Gasteiger partial charge is 0.295 e. The van der Waals surface area contributed by atoms with Gasteiger partial charge in [0.05, 0.1) is 0 Å². The highest BCUT2D eigenvalue weighted by molar-refractivity contribution is 5.99. The lowest BCUT2D eigenvalue weighted by atomic mass is 10.0. The highest BCUT2D eigenvalue weighted by Crippen LogP contribution is 2.22. The van der Waals surface area contributed by atoms with E-state index in [4.69, 9.17) is 0 Å². The fourth-order valence-corrected chi connectivity index (χ4v) is 2.84. The van der Waals surface area contributed by atoms with Crippen LogP contribution in [0.15, 0.2) is 29.1 Å². The van der Waals surface area contributed by atoms with Gasteiger partial charge in [0, 0.05) is 19.0 Å². The number of carbonyl (C=O) groups is 2. The maximum atomic E-state index is 12.5. The first-order valence-electron chi connectivity index (χ1n) is 8.98. The number of rotatable bonds is 3. The van der Waals surface area contributed by atoms with Crippen molar-refractivity contribution in [3.63, 3.8) is 0 Å². The van der Waals surface area contributed by atoms with Crippen LogP contribution in [0.1, 0.15) is 58.1 Å². The summed E-state index contributed by atoms with van der Waals surface area (Å²) in [6.45, 7) is 8.23. The monoisotopic (exact) mass is 358 g/mol. The summed E-state index contributed by atoms with van der Waals surface area (Å²) in [7, 11) is 1.63. The van der Waals surface area contributed by atoms with Crippen molar-refractivity contribution in [2.75, 3.05) is 0 Å². The van der Waals surface area contributed by atoms with E-state index in [0.717, 1.165) is 5.56 Å². The molecule has 1 unspecified atom stereocenters. The molecule has 26 heavy (non-hydrogen) atoms. The summed E-state index contributed by atoms with van der Waals surface area (Å²) >= 11 is 0. The van der Waals surface area contributed by atoms with Crippen molar-refractivity contribution in [2.24, 2.45) is 7.05 Å². The van der Waals surface area contributed by atoms with Crippen molar-refractivity contribution in [3.8, 4) is 11.4 Å². The summed E-state index contributed by atoms with van der Waals surface area (Å²) in [5.74, 6) is 0.127. The zero-order chi connectivity index (χ0) is 19.4. The lowest BCUT2D eigenvalue weighted by Gasteiger charge is -2.19. The Morgan fingerprint density at radius 3 is 2.27 bits per heavy atom. The van der Waals surface area contributed by atoms with Gasteiger partial charge in [0.2, 0.25) is 5.91 Å². The van der Waals surface area contributed by atoms with Gasteiger partial charge in [-0.15, -0.1) is 5.10 Å². The minimum absolute atomic E-state index is 0.206. The van der Waals surface area contributed by atoms with E-state index < -0.39 is 11.9 Å². The van der Waals surface area contributed by atoms with Crippen LogP contribution in [0.2, 0.25) is 0 Å². The molecule has 1 aliphatic rings. The molecule has 3 rings (SSSR count). The number of nitrogens with zero attached hydrogens (tertiary/aromatic N) is 3. The van der Waals surface area contributed by atoms with Gasteiger partial charge in [-0.1, -0.05) is 52.0 Å². The molecular formula is C19H26N4O3. The number of nitrogens with one attached hydrogen (secondary N) is 1. The quantitative estimate of drug-likeness (QED) is 0.854. The molecule has 7 heteroatoms. The summed E-state index contributed by atoms with van der Waals surface area (Å²) in [6.07, 6.45) is 0.491. The van der Waals surface area contributed by atoms with Crippen molar-refractivity contribution in [1.82, 2.24) is 19.7 Å². The maximum absolute atomic E-state index is 12.5. The van der Waals surface area contributed by atoms with Crippen LogP contribution >= 0.6 is 0 Å². The molecule has 1 aromatic heterocycles. The summed E-state index contributed by atoms with van der Waals surface area (Å²) in [5.41, 5.74) is 1.64. The lowest BCUT2D eigenvalue weighted by molar-refractivity contribution is -0.136. The third-order valence-electron chi connectivity index (χ3n) is 4.34. The summed E-state index contributed by atoms with van der Waals surface area (Å²) in [6, 6.07) is 7.12. The van der Waals surface area contributed by atoms with Crippen molar-refractivity contribution >= 4 is 11.8 Å². The van der Waals surface area contributed by atoms with Crippen LogP contribution in [0.25, 0.3) is 11.4 Å². The number of amides is 2. The van der Waals surface area contributed by atoms with Gasteiger partial charge in [-0.05, 0) is 17.9 Å². The van der Waals surface area contributed by atoms with Crippen molar-refractivity contribution in [2.45, 2.75) is 52.5 Å². The second-order valence-electron chi connectivity index (χ2n) is 6.35. The van der Waals surface area contributed by atoms with Crippen LogP contribution in [0, 0.1) is 0 Å². The second-order valence-corrected chi connectivity index (χ2v) is 6.35. The first kappa shape index (κ1) is 19.6. The van der Waals surface area contributed by atoms with E-state index in [0.29, 0.717) is 11.7 Å². The van der Waals surface area contributed by atoms with E-state index >= 15 is 0 Å². The molecular weight excluding hydrogens is 332 g/mol. The normalized spacial score (nSPS) is 16.9. The van der Waals surface area contributed by atoms with Crippen molar-refractivity contribution < 1.29 is 9.59 Å². The number of hydrogen-bond acceptors (Lipinski definition) is 4. The highest BCUT2D eigenvalue weighted by atomic mass is 16.2. The Morgan fingerprint density at radius 2 is 1.73 bits per heavy atom. The molecule has 1 saturated heterocycles. The fourth-order valence-electron chi connectivity index (χ4n) is 2.84. The minimum atomic E-state index is -0.745. The number of aromatic nitrogens is 3. The average Bonchev–Trinajstić information content (AvgIpc) is 2.92. The van der Waals surface area contributed by atoms with Gasteiger partial charge in [-0.2, -0.15) is 0 Å². The maximum Gasteiger partial charge on any atom is 0.346 e. The number of carbonyl (C=O) groups excluding carboxylic acids is 2. The Balaban J connectivity index is 0.00000117. The van der Waals surface area contributed by atoms with Crippen LogP contribution in [-0.2, 0) is 16.6 Å². The summed E-state index contributed by atoms with van der Waals surface area (Å²) in [4.78, 5) is 35.7. The fraction of sp³-hybridized carbons (Fsp3) is 0.474. The molecule has 0 radical (unpaired) electrons. The van der Waals surface area contributed by atoms with Gasteiger partial charge >= 0.3 is 5.69 Å². The van der Waals surface area contributed by atoms with E-state index in [2.05, 4.69) is 24.3 Å². The van der Waals surface area contributed by atoms with E-state index in [9.17, 15) is 14.4 Å². The molecule has 1 aliphatic heterocycles. The third-order valence-corrected chi connectivity index (χ3v) is 4.34. The molecule has 140 valence electrons. The standard InChI is InChI=1S/C17H20N4O3.C2H6/c1-10(2)11-4-6-12(7-5-11)15-19-21(17(24)20(15)3)13-8-9-14(22)18-16(13)23;1-2/h4-7,10,13H,8-9H2,1-3H3,(H,18,22,23);1-2H3. The Bertz CT molecular complexity index is 847. The zero-order valence-electron chi connectivity index (χ0n) is 15.9. The molecule has 1 atom stereocenters. The van der Waals surface area contributed by atoms with Crippen LogP contribution in [0.3, 0.4) is 0 Å². The highest BCUT2D eigenvalue weighted by Gasteiger charge is 2.31.